The van der Waals surface area contributed by atoms with Crippen molar-refractivity contribution in [2.45, 2.75) is 30.3 Å². The first-order chi connectivity index (χ1) is 8.84. The minimum Gasteiger partial charge on any atom is -0.394 e. The van der Waals surface area contributed by atoms with E-state index in [4.69, 9.17) is 15.6 Å². The Morgan fingerprint density at radius 2 is 2.26 bits per heavy atom. The number of morpholine rings is 1. The van der Waals surface area contributed by atoms with E-state index in [0.717, 1.165) is 11.3 Å². The molecule has 0 aliphatic carbocycles. The molecule has 1 saturated heterocycles. The molecule has 0 saturated carbocycles. The Morgan fingerprint density at radius 3 is 2.79 bits per heavy atom. The lowest BCUT2D eigenvalue weighted by atomic mass is 10.2. The molecule has 9 heteroatoms. The number of anilines is 1. The van der Waals surface area contributed by atoms with Crippen molar-refractivity contribution in [1.29, 1.82) is 0 Å². The minimum absolute atomic E-state index is 0.139. The van der Waals surface area contributed by atoms with E-state index in [1.165, 1.54) is 4.31 Å². The molecule has 0 radical (unpaired) electrons. The monoisotopic (exact) mass is 307 g/mol. The van der Waals surface area contributed by atoms with E-state index in [1.807, 2.05) is 0 Å². The van der Waals surface area contributed by atoms with Crippen LogP contribution >= 0.6 is 11.3 Å². The Kier molecular flexibility index (Phi) is 4.11. The van der Waals surface area contributed by atoms with Crippen LogP contribution in [0.15, 0.2) is 4.21 Å². The number of rotatable bonds is 3. The minimum atomic E-state index is -3.63. The molecule has 1 aromatic heterocycles. The quantitative estimate of drug-likeness (QED) is 0.801. The van der Waals surface area contributed by atoms with E-state index in [2.05, 4.69) is 4.98 Å². The first kappa shape index (κ1) is 14.7. The van der Waals surface area contributed by atoms with E-state index < -0.39 is 16.1 Å². The summed E-state index contributed by atoms with van der Waals surface area (Å²) in [5, 5.41) is 9.38. The molecule has 7 nitrogen and oxygen atoms in total. The summed E-state index contributed by atoms with van der Waals surface area (Å²) in [6, 6.07) is 0. The van der Waals surface area contributed by atoms with E-state index in [9.17, 15) is 8.42 Å². The van der Waals surface area contributed by atoms with Crippen LogP contribution in [0, 0.1) is 6.92 Å². The van der Waals surface area contributed by atoms with Gasteiger partial charge in [0.05, 0.1) is 24.5 Å². The molecule has 0 spiro atoms. The molecule has 2 rings (SSSR count). The molecule has 0 amide bonds. The smallest absolute Gasteiger partial charge is 0.254 e. The fraction of sp³-hybridized carbons (Fsp3) is 0.700. The lowest BCUT2D eigenvalue weighted by Crippen LogP contribution is -2.50. The largest absolute Gasteiger partial charge is 0.394 e. The van der Waals surface area contributed by atoms with Crippen LogP contribution in [0.3, 0.4) is 0 Å². The van der Waals surface area contributed by atoms with Gasteiger partial charge in [-0.15, -0.1) is 0 Å². The third-order valence-electron chi connectivity index (χ3n) is 2.84. The second kappa shape index (κ2) is 5.33. The number of nitrogens with zero attached hydrogens (tertiary/aromatic N) is 2. The molecule has 2 atom stereocenters. The summed E-state index contributed by atoms with van der Waals surface area (Å²) in [6.07, 6.45) is -0.754. The van der Waals surface area contributed by atoms with Crippen LogP contribution in [-0.4, -0.2) is 54.7 Å². The molecule has 3 N–H and O–H groups in total. The normalized spacial score (nSPS) is 25.6. The standard InChI is InChI=1S/C10H17N3O4S2/c1-6-3-13(4-8(5-14)17-6)19(15,16)9-7(2)12-10(11)18-9/h6,8,14H,3-5H2,1-2H3,(H2,11,12). The Bertz CT molecular complexity index is 557. The zero-order valence-electron chi connectivity index (χ0n) is 10.7. The highest BCUT2D eigenvalue weighted by Gasteiger charge is 2.35. The summed E-state index contributed by atoms with van der Waals surface area (Å²) in [4.78, 5) is 3.94. The second-order valence-electron chi connectivity index (χ2n) is 4.50. The maximum absolute atomic E-state index is 12.5. The van der Waals surface area contributed by atoms with E-state index in [-0.39, 0.29) is 35.1 Å². The van der Waals surface area contributed by atoms with Gasteiger partial charge >= 0.3 is 0 Å². The third-order valence-corrected chi connectivity index (χ3v) is 6.25. The highest BCUT2D eigenvalue weighted by atomic mass is 32.2. The summed E-state index contributed by atoms with van der Waals surface area (Å²) < 4.78 is 32.0. The number of hydrogen-bond donors (Lipinski definition) is 2. The average molecular weight is 307 g/mol. The van der Waals surface area contributed by atoms with Crippen molar-refractivity contribution in [3.8, 4) is 0 Å². The Morgan fingerprint density at radius 1 is 1.58 bits per heavy atom. The van der Waals surface area contributed by atoms with Crippen LogP contribution in [0.5, 0.6) is 0 Å². The van der Waals surface area contributed by atoms with Gasteiger partial charge in [-0.25, -0.2) is 13.4 Å². The number of nitrogen functional groups attached to an aromatic ring is 1. The average Bonchev–Trinajstić information content (AvgIpc) is 2.68. The molecule has 1 fully saturated rings. The van der Waals surface area contributed by atoms with Gasteiger partial charge in [-0.2, -0.15) is 4.31 Å². The fourth-order valence-electron chi connectivity index (χ4n) is 2.06. The summed E-state index contributed by atoms with van der Waals surface area (Å²) in [5.74, 6) is 0. The zero-order chi connectivity index (χ0) is 14.2. The number of aliphatic hydroxyl groups is 1. The van der Waals surface area contributed by atoms with Crippen molar-refractivity contribution >= 4 is 26.5 Å². The molecule has 0 aromatic carbocycles. The molecule has 1 aliphatic heterocycles. The predicted molar refractivity (Wildman–Crippen MR) is 71.4 cm³/mol. The number of aryl methyl sites for hydroxylation is 1. The van der Waals surface area contributed by atoms with Crippen LogP contribution in [0.2, 0.25) is 0 Å². The predicted octanol–water partition coefficient (Wildman–Crippen LogP) is -0.196. The van der Waals surface area contributed by atoms with Crippen molar-refractivity contribution in [3.05, 3.63) is 5.69 Å². The zero-order valence-corrected chi connectivity index (χ0v) is 12.4. The van der Waals surface area contributed by atoms with Gasteiger partial charge in [0, 0.05) is 13.1 Å². The van der Waals surface area contributed by atoms with Crippen molar-refractivity contribution in [2.75, 3.05) is 25.4 Å². The van der Waals surface area contributed by atoms with Gasteiger partial charge in [-0.3, -0.25) is 0 Å². The summed E-state index contributed by atoms with van der Waals surface area (Å²) >= 11 is 0.959. The Balaban J connectivity index is 2.31. The molecule has 2 unspecified atom stereocenters. The number of thiazole rings is 1. The lowest BCUT2D eigenvalue weighted by Gasteiger charge is -2.34. The molecule has 2 heterocycles. The SMILES string of the molecule is Cc1nc(N)sc1S(=O)(=O)N1CC(C)OC(CO)C1. The highest BCUT2D eigenvalue weighted by Crippen LogP contribution is 2.29. The van der Waals surface area contributed by atoms with Crippen molar-refractivity contribution in [2.24, 2.45) is 0 Å². The first-order valence-electron chi connectivity index (χ1n) is 5.84. The number of hydrogen-bond acceptors (Lipinski definition) is 7. The second-order valence-corrected chi connectivity index (χ2v) is 7.66. The Hall–Kier alpha value is -0.740. The Labute approximate surface area is 116 Å². The van der Waals surface area contributed by atoms with Crippen LogP contribution < -0.4 is 5.73 Å². The molecule has 1 aromatic rings. The van der Waals surface area contributed by atoms with Gasteiger partial charge in [-0.1, -0.05) is 11.3 Å². The number of nitrogens with two attached hydrogens (primary N) is 1. The van der Waals surface area contributed by atoms with Gasteiger partial charge in [0.25, 0.3) is 10.0 Å². The topological polar surface area (TPSA) is 106 Å². The first-order valence-corrected chi connectivity index (χ1v) is 8.09. The molecule has 19 heavy (non-hydrogen) atoms. The molecule has 1 aliphatic rings. The van der Waals surface area contributed by atoms with Crippen molar-refractivity contribution in [1.82, 2.24) is 9.29 Å². The highest BCUT2D eigenvalue weighted by molar-refractivity contribution is 7.91. The van der Waals surface area contributed by atoms with Gasteiger partial charge in [0.2, 0.25) is 0 Å². The van der Waals surface area contributed by atoms with Gasteiger partial charge in [0.15, 0.2) is 9.34 Å². The van der Waals surface area contributed by atoms with Crippen LogP contribution in [-0.2, 0) is 14.8 Å². The van der Waals surface area contributed by atoms with Crippen LogP contribution in [0.1, 0.15) is 12.6 Å². The van der Waals surface area contributed by atoms with Gasteiger partial charge in [0.1, 0.15) is 0 Å². The number of aliphatic hydroxyl groups excluding tert-OH is 1. The molecular formula is C10H17N3O4S2. The van der Waals surface area contributed by atoms with Crippen molar-refractivity contribution < 1.29 is 18.3 Å². The van der Waals surface area contributed by atoms with E-state index in [1.54, 1.807) is 13.8 Å². The van der Waals surface area contributed by atoms with Crippen LogP contribution in [0.25, 0.3) is 0 Å². The molecule has 108 valence electrons. The number of aromatic nitrogens is 1. The van der Waals surface area contributed by atoms with E-state index >= 15 is 0 Å². The lowest BCUT2D eigenvalue weighted by molar-refractivity contribution is -0.0750. The number of sulfonamides is 1. The maximum Gasteiger partial charge on any atom is 0.254 e. The third kappa shape index (κ3) is 2.90. The molecular weight excluding hydrogens is 290 g/mol. The van der Waals surface area contributed by atoms with Crippen molar-refractivity contribution in [3.63, 3.8) is 0 Å². The fourth-order valence-corrected chi connectivity index (χ4v) is 5.04. The van der Waals surface area contributed by atoms with Gasteiger partial charge in [-0.05, 0) is 13.8 Å². The van der Waals surface area contributed by atoms with E-state index in [0.29, 0.717) is 5.69 Å². The van der Waals surface area contributed by atoms with Gasteiger partial charge < -0.3 is 15.6 Å². The summed E-state index contributed by atoms with van der Waals surface area (Å²) in [7, 11) is -3.63. The molecule has 0 bridgehead atoms. The van der Waals surface area contributed by atoms with Crippen LogP contribution in [0.4, 0.5) is 5.13 Å². The summed E-state index contributed by atoms with van der Waals surface area (Å²) in [5.41, 5.74) is 5.95. The summed E-state index contributed by atoms with van der Waals surface area (Å²) in [6.45, 7) is 3.59. The number of ether oxygens (including phenoxy) is 1. The maximum atomic E-state index is 12.5.